The molecular formula is C18H26N2O2S2. The molecule has 0 radical (unpaired) electrons. The van der Waals surface area contributed by atoms with Crippen molar-refractivity contribution in [3.63, 3.8) is 0 Å². The van der Waals surface area contributed by atoms with E-state index >= 15 is 0 Å². The molecule has 0 amide bonds. The van der Waals surface area contributed by atoms with E-state index in [9.17, 15) is 4.79 Å². The lowest BCUT2D eigenvalue weighted by Gasteiger charge is -2.18. The first-order chi connectivity index (χ1) is 11.5. The van der Waals surface area contributed by atoms with Crippen LogP contribution in [0.2, 0.25) is 0 Å². The van der Waals surface area contributed by atoms with Crippen LogP contribution in [0.15, 0.2) is 9.95 Å². The molecule has 1 aliphatic rings. The van der Waals surface area contributed by atoms with Crippen molar-refractivity contribution in [1.82, 2.24) is 9.55 Å². The van der Waals surface area contributed by atoms with E-state index in [1.165, 1.54) is 16.9 Å². The van der Waals surface area contributed by atoms with Crippen LogP contribution >= 0.6 is 23.1 Å². The highest BCUT2D eigenvalue weighted by atomic mass is 32.2. The number of ether oxygens (including phenoxy) is 1. The fraction of sp³-hybridized carbons (Fsp3) is 0.667. The van der Waals surface area contributed by atoms with Gasteiger partial charge in [0.25, 0.3) is 5.56 Å². The van der Waals surface area contributed by atoms with Gasteiger partial charge < -0.3 is 4.74 Å². The number of nitrogens with zero attached hydrogens (tertiary/aromatic N) is 2. The molecule has 4 nitrogen and oxygen atoms in total. The highest BCUT2D eigenvalue weighted by Crippen LogP contribution is 2.36. The van der Waals surface area contributed by atoms with Crippen LogP contribution in [0.1, 0.15) is 37.6 Å². The fourth-order valence-electron chi connectivity index (χ4n) is 3.26. The third kappa shape index (κ3) is 3.55. The predicted molar refractivity (Wildman–Crippen MR) is 103 cm³/mol. The van der Waals surface area contributed by atoms with E-state index in [-0.39, 0.29) is 5.56 Å². The second-order valence-electron chi connectivity index (χ2n) is 7.08. The van der Waals surface area contributed by atoms with Crippen molar-refractivity contribution >= 4 is 33.3 Å². The van der Waals surface area contributed by atoms with Crippen molar-refractivity contribution in [2.45, 2.75) is 51.7 Å². The minimum Gasteiger partial charge on any atom is -0.384 e. The molecule has 1 atom stereocenters. The molecule has 0 aliphatic heterocycles. The van der Waals surface area contributed by atoms with Gasteiger partial charge in [0.05, 0.1) is 12.0 Å². The molecule has 132 valence electrons. The van der Waals surface area contributed by atoms with Crippen LogP contribution in [0, 0.1) is 11.8 Å². The first kappa shape index (κ1) is 18.0. The number of rotatable bonds is 6. The summed E-state index contributed by atoms with van der Waals surface area (Å²) < 4.78 is 7.03. The lowest BCUT2D eigenvalue weighted by molar-refractivity contribution is 0.218. The largest absolute Gasteiger partial charge is 0.384 e. The average molecular weight is 367 g/mol. The SMILES string of the molecule is COCCSc1nc2sc3c(c2c(=O)n1CC(C)C)CCC(C)C3. The van der Waals surface area contributed by atoms with Crippen LogP contribution in [0.4, 0.5) is 0 Å². The van der Waals surface area contributed by atoms with Crippen LogP contribution < -0.4 is 5.56 Å². The molecule has 0 fully saturated rings. The van der Waals surface area contributed by atoms with E-state index < -0.39 is 0 Å². The Labute approximate surface area is 151 Å². The van der Waals surface area contributed by atoms with Crippen LogP contribution in [0.3, 0.4) is 0 Å². The van der Waals surface area contributed by atoms with Gasteiger partial charge in [-0.25, -0.2) is 4.98 Å². The Bertz CT molecular complexity index is 779. The summed E-state index contributed by atoms with van der Waals surface area (Å²) in [5.41, 5.74) is 1.43. The summed E-state index contributed by atoms with van der Waals surface area (Å²) in [7, 11) is 1.70. The molecule has 2 aromatic rings. The summed E-state index contributed by atoms with van der Waals surface area (Å²) in [6, 6.07) is 0. The molecule has 0 N–H and O–H groups in total. The molecule has 2 aromatic heterocycles. The Morgan fingerprint density at radius 2 is 2.25 bits per heavy atom. The van der Waals surface area contributed by atoms with E-state index in [1.807, 2.05) is 4.57 Å². The third-order valence-electron chi connectivity index (χ3n) is 4.45. The Hall–Kier alpha value is -0.850. The number of methoxy groups -OCH3 is 1. The number of aromatic nitrogens is 2. The maximum Gasteiger partial charge on any atom is 0.263 e. The summed E-state index contributed by atoms with van der Waals surface area (Å²) in [5.74, 6) is 1.94. The summed E-state index contributed by atoms with van der Waals surface area (Å²) in [6.45, 7) is 7.97. The molecule has 0 spiro atoms. The maximum absolute atomic E-state index is 13.2. The maximum atomic E-state index is 13.2. The molecular weight excluding hydrogens is 340 g/mol. The van der Waals surface area contributed by atoms with E-state index in [0.717, 1.165) is 40.5 Å². The summed E-state index contributed by atoms with van der Waals surface area (Å²) in [6.07, 6.45) is 3.28. The summed E-state index contributed by atoms with van der Waals surface area (Å²) in [4.78, 5) is 20.4. The van der Waals surface area contributed by atoms with Crippen molar-refractivity contribution in [1.29, 1.82) is 0 Å². The second-order valence-corrected chi connectivity index (χ2v) is 9.22. The normalized spacial score (nSPS) is 17.6. The second kappa shape index (κ2) is 7.58. The van der Waals surface area contributed by atoms with Gasteiger partial charge in [0.2, 0.25) is 0 Å². The van der Waals surface area contributed by atoms with Gasteiger partial charge in [-0.05, 0) is 36.7 Å². The average Bonchev–Trinajstić information content (AvgIpc) is 2.88. The van der Waals surface area contributed by atoms with Crippen LogP contribution in [0.25, 0.3) is 10.2 Å². The first-order valence-corrected chi connectivity index (χ1v) is 10.5. The minimum absolute atomic E-state index is 0.153. The number of hydrogen-bond donors (Lipinski definition) is 0. The standard InChI is InChI=1S/C18H26N2O2S2/c1-11(2)10-20-17(21)15-13-6-5-12(3)9-14(13)24-16(15)19-18(20)23-8-7-22-4/h11-12H,5-10H2,1-4H3. The zero-order chi connectivity index (χ0) is 17.3. The number of fused-ring (bicyclic) bond motifs is 3. The van der Waals surface area contributed by atoms with Crippen molar-refractivity contribution in [3.05, 3.63) is 20.8 Å². The Balaban J connectivity index is 2.11. The van der Waals surface area contributed by atoms with Crippen molar-refractivity contribution in [3.8, 4) is 0 Å². The Kier molecular flexibility index (Phi) is 5.67. The zero-order valence-electron chi connectivity index (χ0n) is 14.9. The molecule has 0 saturated heterocycles. The highest BCUT2D eigenvalue weighted by Gasteiger charge is 2.24. The van der Waals surface area contributed by atoms with Crippen LogP contribution in [0.5, 0.6) is 0 Å². The number of thioether (sulfide) groups is 1. The predicted octanol–water partition coefficient (Wildman–Crippen LogP) is 3.98. The van der Waals surface area contributed by atoms with Crippen molar-refractivity contribution in [2.24, 2.45) is 11.8 Å². The van der Waals surface area contributed by atoms with E-state index in [2.05, 4.69) is 20.8 Å². The molecule has 3 rings (SSSR count). The molecule has 24 heavy (non-hydrogen) atoms. The van der Waals surface area contributed by atoms with Crippen molar-refractivity contribution in [2.75, 3.05) is 19.5 Å². The molecule has 0 aromatic carbocycles. The van der Waals surface area contributed by atoms with E-state index in [0.29, 0.717) is 18.4 Å². The van der Waals surface area contributed by atoms with Crippen molar-refractivity contribution < 1.29 is 4.74 Å². The van der Waals surface area contributed by atoms with Gasteiger partial charge in [-0.1, -0.05) is 32.5 Å². The lowest BCUT2D eigenvalue weighted by atomic mass is 9.89. The van der Waals surface area contributed by atoms with Crippen LogP contribution in [-0.2, 0) is 24.1 Å². The van der Waals surface area contributed by atoms with Gasteiger partial charge in [0, 0.05) is 24.3 Å². The highest BCUT2D eigenvalue weighted by molar-refractivity contribution is 7.99. The third-order valence-corrected chi connectivity index (χ3v) is 6.54. The smallest absolute Gasteiger partial charge is 0.263 e. The molecule has 1 unspecified atom stereocenters. The van der Waals surface area contributed by atoms with Gasteiger partial charge in [0.15, 0.2) is 5.16 Å². The van der Waals surface area contributed by atoms with E-state index in [4.69, 9.17) is 9.72 Å². The van der Waals surface area contributed by atoms with Gasteiger partial charge in [-0.2, -0.15) is 0 Å². The first-order valence-electron chi connectivity index (χ1n) is 8.68. The molecule has 0 bridgehead atoms. The molecule has 2 heterocycles. The number of thiophene rings is 1. The van der Waals surface area contributed by atoms with E-state index in [1.54, 1.807) is 30.2 Å². The topological polar surface area (TPSA) is 44.1 Å². The van der Waals surface area contributed by atoms with Gasteiger partial charge in [-0.15, -0.1) is 11.3 Å². The number of hydrogen-bond acceptors (Lipinski definition) is 5. The molecule has 6 heteroatoms. The Morgan fingerprint density at radius 3 is 2.96 bits per heavy atom. The van der Waals surface area contributed by atoms with Crippen LogP contribution in [-0.4, -0.2) is 29.0 Å². The lowest BCUT2D eigenvalue weighted by Crippen LogP contribution is -2.26. The summed E-state index contributed by atoms with van der Waals surface area (Å²) >= 11 is 3.35. The minimum atomic E-state index is 0.153. The monoisotopic (exact) mass is 366 g/mol. The fourth-order valence-corrected chi connectivity index (χ4v) is 5.59. The summed E-state index contributed by atoms with van der Waals surface area (Å²) in [5, 5.41) is 1.73. The Morgan fingerprint density at radius 1 is 1.46 bits per heavy atom. The van der Waals surface area contributed by atoms with Gasteiger partial charge in [0.1, 0.15) is 4.83 Å². The van der Waals surface area contributed by atoms with Gasteiger partial charge >= 0.3 is 0 Å². The molecule has 0 saturated carbocycles. The number of aryl methyl sites for hydroxylation is 1. The van der Waals surface area contributed by atoms with Gasteiger partial charge in [-0.3, -0.25) is 9.36 Å². The quantitative estimate of drug-likeness (QED) is 0.441. The zero-order valence-corrected chi connectivity index (χ0v) is 16.6. The molecule has 1 aliphatic carbocycles.